The number of alkyl halides is 13. The van der Waals surface area contributed by atoms with Crippen LogP contribution in [0.4, 0.5) is 57.1 Å². The fourth-order valence-corrected chi connectivity index (χ4v) is 4.26. The maximum Gasteiger partial charge on any atom is 0.460 e. The molecule has 0 radical (unpaired) electrons. The Hall–Kier alpha value is -1.93. The molecule has 0 bridgehead atoms. The molecule has 2 aliphatic rings. The minimum Gasteiger partial charge on any atom is -0.387 e. The number of methoxy groups -OCH3 is 1. The molecule has 242 valence electrons. The number of hydrogen-bond donors (Lipinski definition) is 2. The third-order valence-corrected chi connectivity index (χ3v) is 6.77. The minimum atomic E-state index is -7.92. The maximum atomic E-state index is 14.0. The zero-order valence-corrected chi connectivity index (χ0v) is 21.0. The van der Waals surface area contributed by atoms with Gasteiger partial charge in [0.2, 0.25) is 0 Å². The van der Waals surface area contributed by atoms with Gasteiger partial charge in [0.15, 0.2) is 12.6 Å². The van der Waals surface area contributed by atoms with Crippen LogP contribution in [0.1, 0.15) is 30.3 Å². The van der Waals surface area contributed by atoms with Crippen molar-refractivity contribution in [3.8, 4) is 0 Å². The number of aliphatic hydroxyl groups is 2. The van der Waals surface area contributed by atoms with Crippen LogP contribution in [0.2, 0.25) is 0 Å². The summed E-state index contributed by atoms with van der Waals surface area (Å²) in [6.45, 7) is -0.122. The average molecular weight is 642 g/mol. The molecule has 0 spiro atoms. The third-order valence-electron chi connectivity index (χ3n) is 6.77. The molecule has 6 atom stereocenters. The summed E-state index contributed by atoms with van der Waals surface area (Å²) in [6.07, 6.45) is -18.5. The van der Waals surface area contributed by atoms with Crippen LogP contribution in [0.3, 0.4) is 0 Å². The van der Waals surface area contributed by atoms with Crippen molar-refractivity contribution >= 4 is 0 Å². The third kappa shape index (κ3) is 5.79. The second-order valence-electron chi connectivity index (χ2n) is 9.62. The van der Waals surface area contributed by atoms with E-state index in [2.05, 4.69) is 0 Å². The van der Waals surface area contributed by atoms with E-state index in [1.807, 2.05) is 0 Å². The van der Waals surface area contributed by atoms with Gasteiger partial charge < -0.3 is 29.2 Å². The number of halogens is 13. The molecule has 42 heavy (non-hydrogen) atoms. The Morgan fingerprint density at radius 1 is 0.762 bits per heavy atom. The summed E-state index contributed by atoms with van der Waals surface area (Å²) in [4.78, 5) is 0. The van der Waals surface area contributed by atoms with E-state index in [9.17, 15) is 67.3 Å². The van der Waals surface area contributed by atoms with Crippen molar-refractivity contribution in [2.45, 2.75) is 92.0 Å². The van der Waals surface area contributed by atoms with E-state index in [0.717, 1.165) is 0 Å². The molecular weight excluding hydrogens is 619 g/mol. The molecule has 0 saturated carbocycles. The molecule has 1 aromatic carbocycles. The first-order valence-corrected chi connectivity index (χ1v) is 11.9. The van der Waals surface area contributed by atoms with E-state index in [-0.39, 0.29) is 17.7 Å². The lowest BCUT2D eigenvalue weighted by Crippen LogP contribution is -2.70. The number of ether oxygens (including phenoxy) is 4. The smallest absolute Gasteiger partial charge is 0.387 e. The Morgan fingerprint density at radius 3 is 1.83 bits per heavy atom. The van der Waals surface area contributed by atoms with E-state index >= 15 is 0 Å². The highest BCUT2D eigenvalue weighted by molar-refractivity contribution is 5.24. The highest BCUT2D eigenvalue weighted by atomic mass is 19.4. The molecule has 19 heteroatoms. The number of aryl methyl sites for hydroxylation is 1. The summed E-state index contributed by atoms with van der Waals surface area (Å²) < 4.78 is 193. The predicted molar refractivity (Wildman–Crippen MR) is 111 cm³/mol. The summed E-state index contributed by atoms with van der Waals surface area (Å²) >= 11 is 0. The van der Waals surface area contributed by atoms with Crippen LogP contribution in [0.5, 0.6) is 0 Å². The molecule has 1 unspecified atom stereocenters. The van der Waals surface area contributed by atoms with Gasteiger partial charge in [0.05, 0.1) is 6.61 Å². The molecule has 2 N–H and O–H groups in total. The van der Waals surface area contributed by atoms with Gasteiger partial charge in [-0.2, -0.15) is 57.1 Å². The van der Waals surface area contributed by atoms with Crippen LogP contribution in [-0.2, 0) is 25.4 Å². The molecular formula is C23H23F13O6. The first-order valence-electron chi connectivity index (χ1n) is 11.9. The largest absolute Gasteiger partial charge is 0.460 e. The van der Waals surface area contributed by atoms with Crippen molar-refractivity contribution in [1.29, 1.82) is 0 Å². The van der Waals surface area contributed by atoms with Gasteiger partial charge in [-0.25, -0.2) is 0 Å². The van der Waals surface area contributed by atoms with Crippen molar-refractivity contribution in [2.75, 3.05) is 13.7 Å². The van der Waals surface area contributed by atoms with E-state index < -0.39 is 92.0 Å². The van der Waals surface area contributed by atoms with E-state index in [1.54, 1.807) is 0 Å². The lowest BCUT2D eigenvalue weighted by molar-refractivity contribution is -0.440. The van der Waals surface area contributed by atoms with E-state index in [4.69, 9.17) is 18.9 Å². The average Bonchev–Trinajstić information content (AvgIpc) is 2.89. The molecule has 2 saturated heterocycles. The van der Waals surface area contributed by atoms with Gasteiger partial charge in [-0.15, -0.1) is 0 Å². The fourth-order valence-electron chi connectivity index (χ4n) is 4.26. The van der Waals surface area contributed by atoms with Gasteiger partial charge in [-0.3, -0.25) is 0 Å². The molecule has 0 aromatic heterocycles. The number of fused-ring (bicyclic) bond motifs is 1. The monoisotopic (exact) mass is 642 g/mol. The lowest BCUT2D eigenvalue weighted by Gasteiger charge is -2.45. The topological polar surface area (TPSA) is 77.4 Å². The lowest BCUT2D eigenvalue weighted by atomic mass is 9.91. The summed E-state index contributed by atoms with van der Waals surface area (Å²) in [5, 5.41) is 20.3. The molecule has 6 nitrogen and oxygen atoms in total. The molecule has 3 rings (SSSR count). The zero-order valence-electron chi connectivity index (χ0n) is 21.0. The predicted octanol–water partition coefficient (Wildman–Crippen LogP) is 5.26. The number of rotatable bonds is 10. The Morgan fingerprint density at radius 2 is 1.31 bits per heavy atom. The standard InChI is InChI=1S/C23H23F13O6/c1-39-17-14(38)13(37)15-12(41-17)9-40-16(42-15)11-6-4-10(5-7-11)3-2-8-18(24,25)19(26,27)20(28,29)21(30,31)22(32,33)23(34,35)36/h4-7,12-17,37-38H,2-3,8-9H2,1H3/t12-,13-,14-,15-,16?,17+/m1/s1. The van der Waals surface area contributed by atoms with Crippen molar-refractivity contribution in [2.24, 2.45) is 0 Å². The minimum absolute atomic E-state index is 0.103. The van der Waals surface area contributed by atoms with Crippen molar-refractivity contribution in [3.63, 3.8) is 0 Å². The molecule has 2 aliphatic heterocycles. The highest BCUT2D eigenvalue weighted by Gasteiger charge is 2.90. The van der Waals surface area contributed by atoms with Crippen LogP contribution in [0.25, 0.3) is 0 Å². The summed E-state index contributed by atoms with van der Waals surface area (Å²) in [7, 11) is 1.23. The SMILES string of the molecule is CO[C@H]1O[C@@H]2COC(c3ccc(CCCC(F)(F)C(F)(F)C(F)(F)C(F)(F)C(F)(F)C(F)(F)F)cc3)O[C@H]2[C@H](O)[C@H]1O. The van der Waals surface area contributed by atoms with Gasteiger partial charge in [-0.1, -0.05) is 24.3 Å². The van der Waals surface area contributed by atoms with Crippen molar-refractivity contribution in [1.82, 2.24) is 0 Å². The van der Waals surface area contributed by atoms with Gasteiger partial charge >= 0.3 is 35.8 Å². The van der Waals surface area contributed by atoms with Crippen LogP contribution < -0.4 is 0 Å². The molecule has 2 fully saturated rings. The van der Waals surface area contributed by atoms with Crippen molar-refractivity contribution in [3.05, 3.63) is 35.4 Å². The van der Waals surface area contributed by atoms with E-state index in [1.165, 1.54) is 31.4 Å². The van der Waals surface area contributed by atoms with E-state index in [0.29, 0.717) is 0 Å². The molecule has 0 aliphatic carbocycles. The summed E-state index contributed by atoms with van der Waals surface area (Å²) in [5.41, 5.74) is 0.378. The van der Waals surface area contributed by atoms with Crippen LogP contribution in [0, 0.1) is 0 Å². The molecule has 2 heterocycles. The fraction of sp³-hybridized carbons (Fsp3) is 0.739. The summed E-state index contributed by atoms with van der Waals surface area (Å²) in [5.74, 6) is -36.9. The Balaban J connectivity index is 1.63. The van der Waals surface area contributed by atoms with Crippen LogP contribution in [-0.4, -0.2) is 90.4 Å². The van der Waals surface area contributed by atoms with Crippen LogP contribution >= 0.6 is 0 Å². The summed E-state index contributed by atoms with van der Waals surface area (Å²) in [6, 6.07) is 5.04. The number of hydrogen-bond acceptors (Lipinski definition) is 6. The first-order chi connectivity index (χ1) is 19.0. The zero-order chi connectivity index (χ0) is 32.1. The van der Waals surface area contributed by atoms with Gasteiger partial charge in [0.1, 0.15) is 24.4 Å². The molecule has 1 aromatic rings. The normalized spacial score (nSPS) is 28.5. The maximum absolute atomic E-state index is 14.0. The Bertz CT molecular complexity index is 1060. The van der Waals surface area contributed by atoms with Crippen molar-refractivity contribution < 1.29 is 86.2 Å². The van der Waals surface area contributed by atoms with Gasteiger partial charge in [0, 0.05) is 19.1 Å². The number of aliphatic hydroxyl groups excluding tert-OH is 2. The number of benzene rings is 1. The first kappa shape index (κ1) is 34.6. The second-order valence-corrected chi connectivity index (χ2v) is 9.62. The van der Waals surface area contributed by atoms with Gasteiger partial charge in [-0.05, 0) is 18.4 Å². The highest BCUT2D eigenvalue weighted by Crippen LogP contribution is 2.60. The molecule has 0 amide bonds. The van der Waals surface area contributed by atoms with Crippen LogP contribution in [0.15, 0.2) is 24.3 Å². The Labute approximate surface area is 228 Å². The quantitative estimate of drug-likeness (QED) is 0.340. The van der Waals surface area contributed by atoms with Gasteiger partial charge in [0.25, 0.3) is 0 Å². The second kappa shape index (κ2) is 11.5. The Kier molecular flexibility index (Phi) is 9.49.